The van der Waals surface area contributed by atoms with E-state index in [0.717, 1.165) is 34.2 Å². The fraction of sp³-hybridized carbons (Fsp3) is 0.188. The lowest BCUT2D eigenvalue weighted by Crippen LogP contribution is -2.16. The summed E-state index contributed by atoms with van der Waals surface area (Å²) >= 11 is 5.85. The Kier molecular flexibility index (Phi) is 4.74. The van der Waals surface area contributed by atoms with Crippen molar-refractivity contribution < 1.29 is 9.28 Å². The third-order valence-electron chi connectivity index (χ3n) is 3.19. The largest absolute Gasteiger partial charge is 0.272 e. The number of carbonyl (C=O) groups excluding carboxylic acids is 1. The Bertz CT molecular complexity index is 610. The average molecular weight is 292 g/mol. The number of amides is 1. The molecule has 2 aromatic carbocycles. The summed E-state index contributed by atoms with van der Waals surface area (Å²) in [5.41, 5.74) is 5.20. The summed E-state index contributed by atoms with van der Waals surface area (Å²) in [4.78, 5) is 11.1. The molecule has 4 heteroatoms. The molecule has 0 spiro atoms. The Hall–Kier alpha value is -1.87. The summed E-state index contributed by atoms with van der Waals surface area (Å²) in [5.74, 6) is -0.628. The van der Waals surface area contributed by atoms with Gasteiger partial charge in [0.15, 0.2) is 0 Å². The minimum absolute atomic E-state index is 0.0524. The van der Waals surface area contributed by atoms with Gasteiger partial charge in [-0.3, -0.25) is 4.79 Å². The molecule has 0 radical (unpaired) electrons. The lowest BCUT2D eigenvalue weighted by atomic mass is 9.98. The van der Waals surface area contributed by atoms with Crippen molar-refractivity contribution in [1.82, 2.24) is 5.54 Å². The van der Waals surface area contributed by atoms with E-state index in [-0.39, 0.29) is 6.42 Å². The summed E-state index contributed by atoms with van der Waals surface area (Å²) in [7, 11) is 0. The molecule has 0 fully saturated rings. The molecule has 2 nitrogen and oxygen atoms in total. The van der Waals surface area contributed by atoms with Gasteiger partial charge in [-0.25, -0.2) is 0 Å². The molecular weight excluding hydrogens is 277 g/mol. The van der Waals surface area contributed by atoms with Gasteiger partial charge in [0.1, 0.15) is 0 Å². The van der Waals surface area contributed by atoms with E-state index >= 15 is 0 Å². The summed E-state index contributed by atoms with van der Waals surface area (Å²) < 4.78 is 12.1. The van der Waals surface area contributed by atoms with Crippen molar-refractivity contribution in [2.75, 3.05) is 0 Å². The Balaban J connectivity index is 2.18. The van der Waals surface area contributed by atoms with Gasteiger partial charge < -0.3 is 0 Å². The zero-order valence-corrected chi connectivity index (χ0v) is 11.9. The van der Waals surface area contributed by atoms with Gasteiger partial charge >= 0.3 is 0 Å². The van der Waals surface area contributed by atoms with Crippen molar-refractivity contribution in [3.63, 3.8) is 0 Å². The molecule has 1 amide bonds. The first-order valence-corrected chi connectivity index (χ1v) is 6.68. The van der Waals surface area contributed by atoms with Crippen molar-refractivity contribution in [3.8, 4) is 0 Å². The van der Waals surface area contributed by atoms with Crippen molar-refractivity contribution in [2.45, 2.75) is 19.8 Å². The first-order chi connectivity index (χ1) is 9.58. The number of hydrogen-bond donors (Lipinski definition) is 1. The number of nitrogens with one attached hydrogen (secondary N) is 1. The second-order valence-electron chi connectivity index (χ2n) is 4.76. The minimum atomic E-state index is -0.628. The molecule has 0 saturated carbocycles. The number of rotatable bonds is 4. The molecule has 0 aliphatic rings. The Morgan fingerprint density at radius 2 is 1.80 bits per heavy atom. The SMILES string of the molecule is Cc1ccc(Cc2ccc(Cl)cc2)cc1CC(=O)NF. The van der Waals surface area contributed by atoms with Crippen LogP contribution in [0.4, 0.5) is 4.48 Å². The molecule has 0 atom stereocenters. The molecule has 0 bridgehead atoms. The van der Waals surface area contributed by atoms with E-state index in [1.54, 1.807) is 0 Å². The van der Waals surface area contributed by atoms with Gasteiger partial charge in [-0.15, -0.1) is 4.48 Å². The van der Waals surface area contributed by atoms with Crippen molar-refractivity contribution in [2.24, 2.45) is 0 Å². The molecule has 0 unspecified atom stereocenters. The van der Waals surface area contributed by atoms with E-state index in [0.29, 0.717) is 5.02 Å². The van der Waals surface area contributed by atoms with Crippen LogP contribution in [0.3, 0.4) is 0 Å². The van der Waals surface area contributed by atoms with E-state index < -0.39 is 5.91 Å². The van der Waals surface area contributed by atoms with Gasteiger partial charge in [0, 0.05) is 5.02 Å². The maximum absolute atomic E-state index is 12.1. The van der Waals surface area contributed by atoms with Crippen LogP contribution in [0.2, 0.25) is 5.02 Å². The highest BCUT2D eigenvalue weighted by atomic mass is 35.5. The van der Waals surface area contributed by atoms with E-state index in [1.165, 1.54) is 0 Å². The molecule has 0 aromatic heterocycles. The van der Waals surface area contributed by atoms with Gasteiger partial charge in [0.2, 0.25) is 0 Å². The lowest BCUT2D eigenvalue weighted by Gasteiger charge is -2.08. The summed E-state index contributed by atoms with van der Waals surface area (Å²) in [6, 6.07) is 13.5. The van der Waals surface area contributed by atoms with Gasteiger partial charge in [-0.05, 0) is 47.7 Å². The Morgan fingerprint density at radius 1 is 1.15 bits per heavy atom. The molecule has 20 heavy (non-hydrogen) atoms. The molecular formula is C16H15ClFNO. The monoisotopic (exact) mass is 291 g/mol. The Labute approximate surface area is 122 Å². The summed E-state index contributed by atoms with van der Waals surface area (Å²) in [5, 5.41) is 0.706. The van der Waals surface area contributed by atoms with Crippen LogP contribution in [-0.2, 0) is 17.6 Å². The molecule has 104 valence electrons. The van der Waals surface area contributed by atoms with Crippen LogP contribution < -0.4 is 5.54 Å². The topological polar surface area (TPSA) is 29.1 Å². The first kappa shape index (κ1) is 14.5. The lowest BCUT2D eigenvalue weighted by molar-refractivity contribution is -0.124. The third-order valence-corrected chi connectivity index (χ3v) is 3.44. The van der Waals surface area contributed by atoms with E-state index in [2.05, 4.69) is 0 Å². The number of halogens is 2. The number of hydrogen-bond acceptors (Lipinski definition) is 1. The predicted molar refractivity (Wildman–Crippen MR) is 78.4 cm³/mol. The molecule has 0 heterocycles. The van der Waals surface area contributed by atoms with E-state index in [9.17, 15) is 9.28 Å². The maximum Gasteiger partial charge on any atom is 0.252 e. The van der Waals surface area contributed by atoms with E-state index in [1.807, 2.05) is 49.4 Å². The van der Waals surface area contributed by atoms with Crippen LogP contribution in [0.15, 0.2) is 42.5 Å². The fourth-order valence-electron chi connectivity index (χ4n) is 2.07. The van der Waals surface area contributed by atoms with Gasteiger partial charge in [0.25, 0.3) is 5.91 Å². The molecule has 1 N–H and O–H groups in total. The van der Waals surface area contributed by atoms with Crippen LogP contribution in [-0.4, -0.2) is 5.91 Å². The first-order valence-electron chi connectivity index (χ1n) is 6.31. The van der Waals surface area contributed by atoms with Gasteiger partial charge in [-0.1, -0.05) is 41.9 Å². The highest BCUT2D eigenvalue weighted by molar-refractivity contribution is 6.30. The summed E-state index contributed by atoms with van der Waals surface area (Å²) in [6.07, 6.45) is 0.804. The van der Waals surface area contributed by atoms with Crippen LogP contribution in [0.25, 0.3) is 0 Å². The third kappa shape index (κ3) is 3.81. The molecule has 0 aliphatic heterocycles. The molecule has 2 rings (SSSR count). The molecule has 2 aromatic rings. The maximum atomic E-state index is 12.1. The standard InChI is InChI=1S/C16H15ClFNO/c1-11-2-3-13(9-14(11)10-16(20)19-18)8-12-4-6-15(17)7-5-12/h2-7,9H,8,10H2,1H3,(H,19,20). The fourth-order valence-corrected chi connectivity index (χ4v) is 2.20. The predicted octanol–water partition coefficient (Wildman–Crippen LogP) is 3.78. The van der Waals surface area contributed by atoms with Crippen LogP contribution in [0.1, 0.15) is 22.3 Å². The summed E-state index contributed by atoms with van der Waals surface area (Å²) in [6.45, 7) is 1.91. The number of benzene rings is 2. The second-order valence-corrected chi connectivity index (χ2v) is 5.19. The van der Waals surface area contributed by atoms with Crippen molar-refractivity contribution in [1.29, 1.82) is 0 Å². The minimum Gasteiger partial charge on any atom is -0.272 e. The second kappa shape index (κ2) is 6.53. The number of aryl methyl sites for hydroxylation is 1. The van der Waals surface area contributed by atoms with Crippen molar-refractivity contribution in [3.05, 3.63) is 69.7 Å². The normalized spacial score (nSPS) is 10.3. The van der Waals surface area contributed by atoms with E-state index in [4.69, 9.17) is 11.6 Å². The van der Waals surface area contributed by atoms with Gasteiger partial charge in [-0.2, -0.15) is 5.54 Å². The number of carbonyl (C=O) groups is 1. The smallest absolute Gasteiger partial charge is 0.252 e. The quantitative estimate of drug-likeness (QED) is 0.853. The highest BCUT2D eigenvalue weighted by Crippen LogP contribution is 2.17. The molecule has 0 saturated heterocycles. The zero-order valence-electron chi connectivity index (χ0n) is 11.1. The van der Waals surface area contributed by atoms with Crippen molar-refractivity contribution >= 4 is 17.5 Å². The average Bonchev–Trinajstić information content (AvgIpc) is 2.45. The molecule has 0 aliphatic carbocycles. The van der Waals surface area contributed by atoms with Crippen LogP contribution in [0.5, 0.6) is 0 Å². The van der Waals surface area contributed by atoms with Gasteiger partial charge in [0.05, 0.1) is 6.42 Å². The van der Waals surface area contributed by atoms with Crippen LogP contribution in [0, 0.1) is 6.92 Å². The Morgan fingerprint density at radius 3 is 2.45 bits per heavy atom. The zero-order chi connectivity index (χ0) is 14.5. The highest BCUT2D eigenvalue weighted by Gasteiger charge is 2.07. The van der Waals surface area contributed by atoms with Crippen LogP contribution >= 0.6 is 11.6 Å².